The van der Waals surface area contributed by atoms with E-state index < -0.39 is 0 Å². The van der Waals surface area contributed by atoms with E-state index in [1.807, 2.05) is 18.9 Å². The van der Waals surface area contributed by atoms with Crippen molar-refractivity contribution in [1.29, 1.82) is 0 Å². The van der Waals surface area contributed by atoms with E-state index in [4.69, 9.17) is 12.2 Å². The molecule has 0 aromatic heterocycles. The molecule has 1 aliphatic rings. The topological polar surface area (TPSA) is 35.6 Å². The fraction of sp³-hybridized carbons (Fsp3) is 0.750. The molecule has 0 radical (unpaired) electrons. The Morgan fingerprint density at radius 2 is 2.31 bits per heavy atom. The van der Waals surface area contributed by atoms with Gasteiger partial charge in [0.2, 0.25) is 5.91 Å². The third-order valence-corrected chi connectivity index (χ3v) is 2.83. The monoisotopic (exact) mass is 201 g/mol. The average molecular weight is 201 g/mol. The van der Waals surface area contributed by atoms with Crippen LogP contribution in [0.15, 0.2) is 0 Å². The molecule has 1 atom stereocenters. The third kappa shape index (κ3) is 2.09. The smallest absolute Gasteiger partial charge is 0.242 e. The van der Waals surface area contributed by atoms with Gasteiger partial charge in [0.05, 0.1) is 6.54 Å². The Labute approximate surface area is 83.9 Å². The van der Waals surface area contributed by atoms with Crippen molar-refractivity contribution in [1.82, 2.24) is 15.1 Å². The van der Waals surface area contributed by atoms with Crippen LogP contribution >= 0.6 is 12.2 Å². The summed E-state index contributed by atoms with van der Waals surface area (Å²) >= 11 is 5.06. The maximum absolute atomic E-state index is 11.4. The van der Waals surface area contributed by atoms with Crippen LogP contribution in [0.3, 0.4) is 0 Å². The van der Waals surface area contributed by atoms with Gasteiger partial charge in [0.15, 0.2) is 5.11 Å². The molecular formula is C8H15N3OS. The van der Waals surface area contributed by atoms with E-state index >= 15 is 0 Å². The molecule has 1 rings (SSSR count). The SMILES string of the molecule is CNC(=S)N1CC(=O)N(C)C(C)C1. The third-order valence-electron chi connectivity index (χ3n) is 2.37. The molecule has 0 spiro atoms. The van der Waals surface area contributed by atoms with Gasteiger partial charge in [-0.15, -0.1) is 0 Å². The van der Waals surface area contributed by atoms with Gasteiger partial charge < -0.3 is 15.1 Å². The van der Waals surface area contributed by atoms with E-state index in [2.05, 4.69) is 5.32 Å². The number of carbonyl (C=O) groups excluding carboxylic acids is 1. The van der Waals surface area contributed by atoms with Gasteiger partial charge in [-0.05, 0) is 19.1 Å². The summed E-state index contributed by atoms with van der Waals surface area (Å²) in [6.07, 6.45) is 0. The fourth-order valence-electron chi connectivity index (χ4n) is 1.34. The summed E-state index contributed by atoms with van der Waals surface area (Å²) in [6, 6.07) is 0.229. The lowest BCUT2D eigenvalue weighted by Gasteiger charge is -2.38. The van der Waals surface area contributed by atoms with Crippen molar-refractivity contribution in [3.63, 3.8) is 0 Å². The minimum atomic E-state index is 0.122. The molecule has 1 N–H and O–H groups in total. The van der Waals surface area contributed by atoms with Gasteiger partial charge in [-0.1, -0.05) is 0 Å². The summed E-state index contributed by atoms with van der Waals surface area (Å²) in [7, 11) is 3.60. The number of hydrogen-bond donors (Lipinski definition) is 1. The van der Waals surface area contributed by atoms with Crippen molar-refractivity contribution in [2.24, 2.45) is 0 Å². The Kier molecular flexibility index (Phi) is 3.08. The largest absolute Gasteiger partial charge is 0.366 e. The number of thiocarbonyl (C=S) groups is 1. The van der Waals surface area contributed by atoms with Gasteiger partial charge in [-0.2, -0.15) is 0 Å². The second-order valence-electron chi connectivity index (χ2n) is 3.29. The normalized spacial score (nSPS) is 23.3. The maximum Gasteiger partial charge on any atom is 0.242 e. The summed E-state index contributed by atoms with van der Waals surface area (Å²) in [4.78, 5) is 15.1. The van der Waals surface area contributed by atoms with Crippen LogP contribution in [0.5, 0.6) is 0 Å². The molecule has 0 aliphatic carbocycles. The zero-order chi connectivity index (χ0) is 10.0. The van der Waals surface area contributed by atoms with E-state index in [1.54, 1.807) is 11.9 Å². The van der Waals surface area contributed by atoms with Gasteiger partial charge >= 0.3 is 0 Å². The number of amides is 1. The molecule has 1 amide bonds. The summed E-state index contributed by atoms with van der Waals surface area (Å²) in [5, 5.41) is 3.52. The first-order valence-corrected chi connectivity index (χ1v) is 4.69. The Morgan fingerprint density at radius 3 is 2.77 bits per heavy atom. The van der Waals surface area contributed by atoms with Crippen LogP contribution < -0.4 is 5.32 Å². The molecule has 1 fully saturated rings. The molecule has 4 nitrogen and oxygen atoms in total. The highest BCUT2D eigenvalue weighted by atomic mass is 32.1. The average Bonchev–Trinajstić information content (AvgIpc) is 2.12. The zero-order valence-corrected chi connectivity index (χ0v) is 9.02. The van der Waals surface area contributed by atoms with Gasteiger partial charge in [0.25, 0.3) is 0 Å². The second-order valence-corrected chi connectivity index (χ2v) is 3.68. The standard InChI is InChI=1S/C8H15N3OS/c1-6-4-11(8(13)9-2)5-7(12)10(6)3/h6H,4-5H2,1-3H3,(H,9,13). The van der Waals surface area contributed by atoms with E-state index in [0.717, 1.165) is 6.54 Å². The highest BCUT2D eigenvalue weighted by molar-refractivity contribution is 7.80. The molecular weight excluding hydrogens is 186 g/mol. The van der Waals surface area contributed by atoms with Crippen molar-refractivity contribution in [2.45, 2.75) is 13.0 Å². The lowest BCUT2D eigenvalue weighted by atomic mass is 10.2. The predicted molar refractivity (Wildman–Crippen MR) is 55.5 cm³/mol. The minimum Gasteiger partial charge on any atom is -0.366 e. The first-order valence-electron chi connectivity index (χ1n) is 4.28. The van der Waals surface area contributed by atoms with Gasteiger partial charge in [0, 0.05) is 26.7 Å². The highest BCUT2D eigenvalue weighted by Crippen LogP contribution is 2.08. The first kappa shape index (κ1) is 10.2. The Hall–Kier alpha value is -0.840. The van der Waals surface area contributed by atoms with Crippen LogP contribution in [-0.2, 0) is 4.79 Å². The molecule has 5 heteroatoms. The van der Waals surface area contributed by atoms with E-state index in [0.29, 0.717) is 11.7 Å². The van der Waals surface area contributed by atoms with Gasteiger partial charge in [-0.3, -0.25) is 4.79 Å². The lowest BCUT2D eigenvalue weighted by Crippen LogP contribution is -2.56. The zero-order valence-electron chi connectivity index (χ0n) is 8.20. The predicted octanol–water partition coefficient (Wildman–Crippen LogP) is -0.347. The molecule has 1 aliphatic heterocycles. The quantitative estimate of drug-likeness (QED) is 0.544. The van der Waals surface area contributed by atoms with Crippen molar-refractivity contribution in [3.8, 4) is 0 Å². The minimum absolute atomic E-state index is 0.122. The molecule has 0 bridgehead atoms. The number of carbonyl (C=O) groups is 1. The summed E-state index contributed by atoms with van der Waals surface area (Å²) in [6.45, 7) is 3.21. The lowest BCUT2D eigenvalue weighted by molar-refractivity contribution is -0.135. The molecule has 74 valence electrons. The molecule has 13 heavy (non-hydrogen) atoms. The molecule has 0 saturated carbocycles. The molecule has 0 aromatic rings. The Morgan fingerprint density at radius 1 is 1.69 bits per heavy atom. The van der Waals surface area contributed by atoms with Crippen LogP contribution in [0.2, 0.25) is 0 Å². The van der Waals surface area contributed by atoms with Crippen molar-refractivity contribution < 1.29 is 4.79 Å². The Balaban J connectivity index is 2.63. The van der Waals surface area contributed by atoms with Crippen molar-refractivity contribution >= 4 is 23.2 Å². The van der Waals surface area contributed by atoms with Crippen LogP contribution in [0.4, 0.5) is 0 Å². The van der Waals surface area contributed by atoms with E-state index in [-0.39, 0.29) is 11.9 Å². The summed E-state index contributed by atoms with van der Waals surface area (Å²) < 4.78 is 0. The van der Waals surface area contributed by atoms with Crippen LogP contribution in [0.1, 0.15) is 6.92 Å². The molecule has 1 heterocycles. The van der Waals surface area contributed by atoms with E-state index in [9.17, 15) is 4.79 Å². The molecule has 1 saturated heterocycles. The van der Waals surface area contributed by atoms with Crippen LogP contribution in [0.25, 0.3) is 0 Å². The summed E-state index contributed by atoms with van der Waals surface area (Å²) in [5.74, 6) is 0.122. The first-order chi connectivity index (χ1) is 6.06. The number of hydrogen-bond acceptors (Lipinski definition) is 2. The number of nitrogens with one attached hydrogen (secondary N) is 1. The molecule has 1 unspecified atom stereocenters. The second kappa shape index (κ2) is 3.91. The Bertz CT molecular complexity index is 231. The number of likely N-dealkylation sites (N-methyl/N-ethyl adjacent to an activating group) is 1. The number of rotatable bonds is 0. The van der Waals surface area contributed by atoms with Crippen molar-refractivity contribution in [3.05, 3.63) is 0 Å². The summed E-state index contributed by atoms with van der Waals surface area (Å²) in [5.41, 5.74) is 0. The van der Waals surface area contributed by atoms with Gasteiger partial charge in [0.1, 0.15) is 0 Å². The van der Waals surface area contributed by atoms with Crippen LogP contribution in [0, 0.1) is 0 Å². The number of piperazine rings is 1. The van der Waals surface area contributed by atoms with Crippen LogP contribution in [-0.4, -0.2) is 54.0 Å². The maximum atomic E-state index is 11.4. The molecule has 0 aromatic carbocycles. The fourth-order valence-corrected chi connectivity index (χ4v) is 1.48. The van der Waals surface area contributed by atoms with Crippen molar-refractivity contribution in [2.75, 3.05) is 27.2 Å². The number of nitrogens with zero attached hydrogens (tertiary/aromatic N) is 2. The van der Waals surface area contributed by atoms with Gasteiger partial charge in [-0.25, -0.2) is 0 Å². The van der Waals surface area contributed by atoms with E-state index in [1.165, 1.54) is 0 Å². The highest BCUT2D eigenvalue weighted by Gasteiger charge is 2.27.